The average Bonchev–Trinajstić information content (AvgIpc) is 2.65. The van der Waals surface area contributed by atoms with E-state index in [9.17, 15) is 9.59 Å². The molecule has 2 aromatic carbocycles. The molecule has 2 aromatic rings. The van der Waals surface area contributed by atoms with Gasteiger partial charge >= 0.3 is 0 Å². The van der Waals surface area contributed by atoms with E-state index in [0.29, 0.717) is 12.2 Å². The molecule has 1 aliphatic carbocycles. The number of ketones is 2. The summed E-state index contributed by atoms with van der Waals surface area (Å²) in [6, 6.07) is 19.1. The zero-order valence-electron chi connectivity index (χ0n) is 13.7. The Balaban J connectivity index is 1.56. The van der Waals surface area contributed by atoms with Crippen LogP contribution in [-0.2, 0) is 32.3 Å². The molecule has 0 aromatic heterocycles. The van der Waals surface area contributed by atoms with Gasteiger partial charge in [-0.1, -0.05) is 60.7 Å². The van der Waals surface area contributed by atoms with Gasteiger partial charge in [0.2, 0.25) is 5.78 Å². The number of benzene rings is 2. The summed E-state index contributed by atoms with van der Waals surface area (Å²) in [6.45, 7) is 0.693. The molecule has 0 N–H and O–H groups in total. The number of rotatable bonds is 7. The van der Waals surface area contributed by atoms with Gasteiger partial charge < -0.3 is 9.47 Å². The van der Waals surface area contributed by atoms with E-state index in [0.717, 1.165) is 11.1 Å². The van der Waals surface area contributed by atoms with Crippen LogP contribution in [0.5, 0.6) is 0 Å². The molecule has 0 saturated carbocycles. The van der Waals surface area contributed by atoms with Crippen molar-refractivity contribution in [2.75, 3.05) is 6.61 Å². The lowest BCUT2D eigenvalue weighted by Crippen LogP contribution is -2.19. The minimum absolute atomic E-state index is 0.0645. The summed E-state index contributed by atoms with van der Waals surface area (Å²) in [5.74, 6) is -0.501. The third kappa shape index (κ3) is 4.75. The topological polar surface area (TPSA) is 52.6 Å². The molecule has 0 bridgehead atoms. The van der Waals surface area contributed by atoms with E-state index in [1.54, 1.807) is 0 Å². The van der Waals surface area contributed by atoms with Crippen LogP contribution in [0, 0.1) is 0 Å². The van der Waals surface area contributed by atoms with Gasteiger partial charge in [0, 0.05) is 11.6 Å². The molecule has 25 heavy (non-hydrogen) atoms. The molecule has 1 aliphatic rings. The minimum Gasteiger partial charge on any atom is -0.485 e. The Labute approximate surface area is 146 Å². The molecule has 0 spiro atoms. The van der Waals surface area contributed by atoms with E-state index >= 15 is 0 Å². The lowest BCUT2D eigenvalue weighted by atomic mass is 10.0. The highest BCUT2D eigenvalue weighted by atomic mass is 16.5. The smallest absolute Gasteiger partial charge is 0.226 e. The number of carbonyl (C=O) groups is 2. The predicted octanol–water partition coefficient (Wildman–Crippen LogP) is 3.38. The summed E-state index contributed by atoms with van der Waals surface area (Å²) in [7, 11) is 0. The number of hydrogen-bond acceptors (Lipinski definition) is 4. The third-order valence-corrected chi connectivity index (χ3v) is 3.71. The van der Waals surface area contributed by atoms with Gasteiger partial charge in [-0.05, 0) is 17.2 Å². The molecule has 0 unspecified atom stereocenters. The van der Waals surface area contributed by atoms with Crippen LogP contribution in [0.2, 0.25) is 0 Å². The second-order valence-electron chi connectivity index (χ2n) is 5.66. The van der Waals surface area contributed by atoms with Gasteiger partial charge in [-0.15, -0.1) is 0 Å². The third-order valence-electron chi connectivity index (χ3n) is 3.71. The maximum Gasteiger partial charge on any atom is 0.226 e. The fourth-order valence-corrected chi connectivity index (χ4v) is 2.43. The Morgan fingerprint density at radius 2 is 1.28 bits per heavy atom. The Kier molecular flexibility index (Phi) is 5.54. The highest BCUT2D eigenvalue weighted by molar-refractivity contribution is 6.19. The van der Waals surface area contributed by atoms with Crippen molar-refractivity contribution in [1.82, 2.24) is 0 Å². The first-order valence-corrected chi connectivity index (χ1v) is 8.02. The molecular formula is C21H18O4. The quantitative estimate of drug-likeness (QED) is 0.729. The first-order valence-electron chi connectivity index (χ1n) is 8.02. The summed E-state index contributed by atoms with van der Waals surface area (Å²) in [5.41, 5.74) is 2.25. The van der Waals surface area contributed by atoms with Crippen LogP contribution in [0.3, 0.4) is 0 Å². The van der Waals surface area contributed by atoms with E-state index in [-0.39, 0.29) is 30.5 Å². The molecule has 126 valence electrons. The maximum atomic E-state index is 12.4. The molecule has 0 amide bonds. The van der Waals surface area contributed by atoms with Crippen molar-refractivity contribution < 1.29 is 19.1 Å². The van der Waals surface area contributed by atoms with Crippen molar-refractivity contribution in [3.63, 3.8) is 0 Å². The van der Waals surface area contributed by atoms with Gasteiger partial charge in [0.15, 0.2) is 11.5 Å². The highest BCUT2D eigenvalue weighted by Crippen LogP contribution is 2.17. The number of ether oxygens (including phenoxy) is 2. The Morgan fingerprint density at radius 1 is 0.680 bits per heavy atom. The Morgan fingerprint density at radius 3 is 1.92 bits per heavy atom. The summed E-state index contributed by atoms with van der Waals surface area (Å²) < 4.78 is 11.1. The Bertz CT molecular complexity index is 804. The predicted molar refractivity (Wildman–Crippen MR) is 93.5 cm³/mol. The van der Waals surface area contributed by atoms with Crippen LogP contribution < -0.4 is 0 Å². The number of hydrogen-bond donors (Lipinski definition) is 0. The van der Waals surface area contributed by atoms with Gasteiger partial charge in [0.25, 0.3) is 0 Å². The van der Waals surface area contributed by atoms with Crippen LogP contribution in [0.25, 0.3) is 0 Å². The van der Waals surface area contributed by atoms with Crippen LogP contribution in [0.15, 0.2) is 84.1 Å². The van der Waals surface area contributed by atoms with Crippen molar-refractivity contribution in [2.45, 2.75) is 13.2 Å². The summed E-state index contributed by atoms with van der Waals surface area (Å²) in [6.07, 6.45) is 2.54. The normalized spacial score (nSPS) is 14.1. The van der Waals surface area contributed by atoms with Crippen LogP contribution in [0.4, 0.5) is 0 Å². The van der Waals surface area contributed by atoms with Gasteiger partial charge in [-0.3, -0.25) is 9.59 Å². The lowest BCUT2D eigenvalue weighted by Gasteiger charge is -2.15. The summed E-state index contributed by atoms with van der Waals surface area (Å²) in [4.78, 5) is 24.3. The molecule has 0 aliphatic heterocycles. The first kappa shape index (κ1) is 16.9. The fourth-order valence-electron chi connectivity index (χ4n) is 2.43. The van der Waals surface area contributed by atoms with Crippen molar-refractivity contribution in [3.05, 3.63) is 95.3 Å². The summed E-state index contributed by atoms with van der Waals surface area (Å²) >= 11 is 0. The number of Topliss-reactive ketones (excluding diaryl/α,β-unsaturated/α-hetero) is 1. The van der Waals surface area contributed by atoms with Crippen molar-refractivity contribution in [2.24, 2.45) is 0 Å². The van der Waals surface area contributed by atoms with E-state index in [4.69, 9.17) is 9.47 Å². The SMILES string of the molecule is O=C1C=C(COCc2ccccc2)C(=O)C(OCc2ccccc2)=C1. The minimum atomic E-state index is -0.302. The lowest BCUT2D eigenvalue weighted by molar-refractivity contribution is -0.118. The molecule has 4 heteroatoms. The first-order chi connectivity index (χ1) is 12.2. The number of carbonyl (C=O) groups excluding carboxylic acids is 2. The van der Waals surface area contributed by atoms with Gasteiger partial charge in [0.1, 0.15) is 6.61 Å². The van der Waals surface area contributed by atoms with Crippen molar-refractivity contribution in [1.29, 1.82) is 0 Å². The second-order valence-corrected chi connectivity index (χ2v) is 5.66. The van der Waals surface area contributed by atoms with E-state index < -0.39 is 0 Å². The molecule has 0 atom stereocenters. The molecule has 3 rings (SSSR count). The molecule has 0 fully saturated rings. The molecule has 0 radical (unpaired) electrons. The summed E-state index contributed by atoms with van der Waals surface area (Å²) in [5, 5.41) is 0. The monoisotopic (exact) mass is 334 g/mol. The number of allylic oxidation sites excluding steroid dienone is 3. The molecule has 0 heterocycles. The van der Waals surface area contributed by atoms with Crippen LogP contribution >= 0.6 is 0 Å². The van der Waals surface area contributed by atoms with Gasteiger partial charge in [-0.2, -0.15) is 0 Å². The van der Waals surface area contributed by atoms with Crippen LogP contribution in [-0.4, -0.2) is 18.2 Å². The van der Waals surface area contributed by atoms with E-state index in [1.807, 2.05) is 60.7 Å². The molecular weight excluding hydrogens is 316 g/mol. The fraction of sp³-hybridized carbons (Fsp3) is 0.143. The van der Waals surface area contributed by atoms with Crippen molar-refractivity contribution >= 4 is 11.6 Å². The Hall–Kier alpha value is -2.98. The highest BCUT2D eigenvalue weighted by Gasteiger charge is 2.23. The zero-order valence-corrected chi connectivity index (χ0v) is 13.7. The molecule has 0 saturated heterocycles. The van der Waals surface area contributed by atoms with Crippen LogP contribution in [0.1, 0.15) is 11.1 Å². The van der Waals surface area contributed by atoms with E-state index in [1.165, 1.54) is 12.2 Å². The molecule has 4 nitrogen and oxygen atoms in total. The zero-order chi connectivity index (χ0) is 17.5. The standard InChI is InChI=1S/C21H18O4/c22-19-11-18(15-24-13-16-7-3-1-4-8-16)21(23)20(12-19)25-14-17-9-5-2-6-10-17/h1-12H,13-15H2. The van der Waals surface area contributed by atoms with Gasteiger partial charge in [0.05, 0.1) is 13.2 Å². The second kappa shape index (κ2) is 8.22. The van der Waals surface area contributed by atoms with E-state index in [2.05, 4.69) is 0 Å². The maximum absolute atomic E-state index is 12.4. The van der Waals surface area contributed by atoms with Gasteiger partial charge in [-0.25, -0.2) is 0 Å². The average molecular weight is 334 g/mol. The van der Waals surface area contributed by atoms with Crippen molar-refractivity contribution in [3.8, 4) is 0 Å². The largest absolute Gasteiger partial charge is 0.485 e.